The molecule has 13 heteroatoms. The average molecular weight is 669 g/mol. The number of nitrogens with one attached hydrogen (secondary N) is 2. The molecule has 0 radical (unpaired) electrons. The Bertz CT molecular complexity index is 1650. The Hall–Kier alpha value is -4.15. The van der Waals surface area contributed by atoms with Crippen LogP contribution in [0.5, 0.6) is 0 Å². The van der Waals surface area contributed by atoms with Crippen LogP contribution >= 0.6 is 0 Å². The van der Waals surface area contributed by atoms with Crippen LogP contribution in [0.2, 0.25) is 18.1 Å². The third-order valence-corrected chi connectivity index (χ3v) is 13.7. The van der Waals surface area contributed by atoms with E-state index in [1.165, 1.54) is 19.9 Å². The first kappa shape index (κ1) is 35.7. The molecule has 3 atom stereocenters. The van der Waals surface area contributed by atoms with Gasteiger partial charge in [-0.1, -0.05) is 27.7 Å². The van der Waals surface area contributed by atoms with Crippen LogP contribution in [0, 0.1) is 34.7 Å². The molecule has 9 nitrogen and oxygen atoms in total. The number of hydrogen-bond acceptors (Lipinski definition) is 7. The fourth-order valence-corrected chi connectivity index (χ4v) is 6.86. The van der Waals surface area contributed by atoms with Gasteiger partial charge >= 0.3 is 6.09 Å². The smallest absolute Gasteiger partial charge is 0.405 e. The van der Waals surface area contributed by atoms with Crippen LogP contribution in [0.15, 0.2) is 42.7 Å². The molecule has 2 aromatic heterocycles. The molecule has 0 unspecified atom stereocenters. The van der Waals surface area contributed by atoms with E-state index in [4.69, 9.17) is 4.43 Å². The number of amides is 1. The van der Waals surface area contributed by atoms with Crippen molar-refractivity contribution in [2.24, 2.45) is 5.92 Å². The van der Waals surface area contributed by atoms with Crippen molar-refractivity contribution in [1.82, 2.24) is 15.3 Å². The minimum absolute atomic E-state index is 0.0213. The van der Waals surface area contributed by atoms with Crippen molar-refractivity contribution >= 4 is 25.8 Å². The summed E-state index contributed by atoms with van der Waals surface area (Å²) in [6.45, 7) is 16.9. The number of halogens is 3. The van der Waals surface area contributed by atoms with Crippen LogP contribution in [-0.4, -0.2) is 54.7 Å². The largest absolute Gasteiger partial charge is 0.465 e. The van der Waals surface area contributed by atoms with Gasteiger partial charge in [0.05, 0.1) is 59.0 Å². The summed E-state index contributed by atoms with van der Waals surface area (Å²) < 4.78 is 52.0. The highest BCUT2D eigenvalue weighted by atomic mass is 28.4. The third kappa shape index (κ3) is 7.88. The topological polar surface area (TPSA) is 123 Å². The quantitative estimate of drug-likeness (QED) is 0.201. The molecular weight excluding hydrogens is 625 g/mol. The lowest BCUT2D eigenvalue weighted by atomic mass is 9.85. The van der Waals surface area contributed by atoms with Crippen LogP contribution in [-0.2, 0) is 16.4 Å². The molecule has 47 heavy (non-hydrogen) atoms. The summed E-state index contributed by atoms with van der Waals surface area (Å²) in [5, 5.41) is 24.9. The van der Waals surface area contributed by atoms with Gasteiger partial charge in [0.1, 0.15) is 23.1 Å². The van der Waals surface area contributed by atoms with Crippen molar-refractivity contribution in [2.75, 3.05) is 23.3 Å². The first-order valence-electron chi connectivity index (χ1n) is 15.5. The molecule has 1 aliphatic rings. The Kier molecular flexibility index (Phi) is 10.3. The maximum Gasteiger partial charge on any atom is 0.405 e. The van der Waals surface area contributed by atoms with Gasteiger partial charge < -0.3 is 25.1 Å². The summed E-state index contributed by atoms with van der Waals surface area (Å²) in [4.78, 5) is 22.4. The highest BCUT2D eigenvalue weighted by molar-refractivity contribution is 6.74. The van der Waals surface area contributed by atoms with Gasteiger partial charge in [-0.05, 0) is 67.9 Å². The number of carbonyl (C=O) groups is 1. The van der Waals surface area contributed by atoms with Gasteiger partial charge in [0.25, 0.3) is 0 Å². The van der Waals surface area contributed by atoms with Crippen LogP contribution in [0.25, 0.3) is 11.3 Å². The Labute approximate surface area is 275 Å². The predicted octanol–water partition coefficient (Wildman–Crippen LogP) is 7.46. The first-order valence-corrected chi connectivity index (χ1v) is 18.4. The van der Waals surface area contributed by atoms with E-state index in [2.05, 4.69) is 59.4 Å². The molecular formula is C34H43F3N6O3Si. The molecule has 252 valence electrons. The molecule has 3 aromatic rings. The maximum atomic E-state index is 15.2. The zero-order valence-corrected chi connectivity index (χ0v) is 29.1. The summed E-state index contributed by atoms with van der Waals surface area (Å²) >= 11 is 0. The summed E-state index contributed by atoms with van der Waals surface area (Å²) in [6, 6.07) is 7.92. The van der Waals surface area contributed by atoms with Crippen LogP contribution in [0.1, 0.15) is 52.8 Å². The number of nitriles is 1. The second kappa shape index (κ2) is 13.5. The second-order valence-electron chi connectivity index (χ2n) is 14.2. The van der Waals surface area contributed by atoms with Gasteiger partial charge in [-0.3, -0.25) is 4.98 Å². The van der Waals surface area contributed by atoms with Gasteiger partial charge in [0.2, 0.25) is 0 Å². The summed E-state index contributed by atoms with van der Waals surface area (Å²) in [5.74, 6) is -2.95. The van der Waals surface area contributed by atoms with Crippen molar-refractivity contribution in [3.05, 3.63) is 71.4 Å². The first-order chi connectivity index (χ1) is 21.8. The van der Waals surface area contributed by atoms with Crippen LogP contribution in [0.4, 0.5) is 29.3 Å². The Morgan fingerprint density at radius 2 is 1.77 bits per heavy atom. The van der Waals surface area contributed by atoms with Crippen molar-refractivity contribution in [2.45, 2.75) is 83.8 Å². The number of rotatable bonds is 9. The Morgan fingerprint density at radius 1 is 1.11 bits per heavy atom. The number of anilines is 2. The second-order valence-corrected chi connectivity index (χ2v) is 19.0. The van der Waals surface area contributed by atoms with Crippen molar-refractivity contribution in [3.63, 3.8) is 0 Å². The summed E-state index contributed by atoms with van der Waals surface area (Å²) in [7, 11) is -2.21. The molecule has 1 amide bonds. The lowest BCUT2D eigenvalue weighted by Gasteiger charge is -2.48. The Balaban J connectivity index is 1.58. The lowest BCUT2D eigenvalue weighted by molar-refractivity contribution is 0.0722. The molecule has 1 aliphatic heterocycles. The molecule has 0 spiro atoms. The maximum absolute atomic E-state index is 15.2. The van der Waals surface area contributed by atoms with Crippen molar-refractivity contribution in [3.8, 4) is 17.3 Å². The normalized spacial score (nSPS) is 18.9. The van der Waals surface area contributed by atoms with E-state index < -0.39 is 54.6 Å². The zero-order valence-electron chi connectivity index (χ0n) is 28.1. The fourth-order valence-electron chi connectivity index (χ4n) is 5.43. The highest BCUT2D eigenvalue weighted by Crippen LogP contribution is 2.40. The minimum Gasteiger partial charge on any atom is -0.465 e. The SMILES string of the molecule is C[C@H]1CN(c2ccncc2NCc2ccc(F)c(-c3c(F)cc(C(C)(C)C#N)cc3F)n2)C[C@@H](NC(=O)O)[C@@H]1O[Si](C)(C)C(C)(C)C. The molecule has 0 aliphatic carbocycles. The van der Waals surface area contributed by atoms with Gasteiger partial charge in [-0.2, -0.15) is 5.26 Å². The average Bonchev–Trinajstić information content (AvgIpc) is 2.97. The molecule has 0 saturated carbocycles. The highest BCUT2D eigenvalue weighted by Gasteiger charge is 2.45. The minimum atomic E-state index is -2.21. The number of benzene rings is 1. The zero-order chi connectivity index (χ0) is 34.9. The van der Waals surface area contributed by atoms with Gasteiger partial charge in [0.15, 0.2) is 8.32 Å². The van der Waals surface area contributed by atoms with E-state index >= 15 is 8.78 Å². The van der Waals surface area contributed by atoms with E-state index in [1.807, 2.05) is 19.1 Å². The standard InChI is InChI=1S/C34H43F3N6O3Si/c1-20-17-43(18-27(42-32(44)45)31(20)46-47(7,8)33(2,3)4)28-11-12-39-16-26(28)40-15-22-9-10-23(35)30(41-22)29-24(36)13-21(14-25(29)37)34(5,6)19-38/h9-14,16,20,27,31,40,42H,15,17-18H2,1-8H3,(H,44,45)/t20-,27+,31+/m0/s1. The van der Waals surface area contributed by atoms with Crippen LogP contribution < -0.4 is 15.5 Å². The van der Waals surface area contributed by atoms with E-state index in [0.29, 0.717) is 24.5 Å². The van der Waals surface area contributed by atoms with Gasteiger partial charge in [0, 0.05) is 25.2 Å². The van der Waals surface area contributed by atoms with Crippen LogP contribution in [0.3, 0.4) is 0 Å². The number of nitrogens with zero attached hydrogens (tertiary/aromatic N) is 4. The lowest BCUT2D eigenvalue weighted by Crippen LogP contribution is -2.62. The van der Waals surface area contributed by atoms with E-state index in [0.717, 1.165) is 23.9 Å². The predicted molar refractivity (Wildman–Crippen MR) is 178 cm³/mol. The number of aromatic nitrogens is 2. The summed E-state index contributed by atoms with van der Waals surface area (Å²) in [5.41, 5.74) is -0.405. The molecule has 3 N–H and O–H groups in total. The monoisotopic (exact) mass is 668 g/mol. The number of hydrogen-bond donors (Lipinski definition) is 3. The van der Waals surface area contributed by atoms with Gasteiger partial charge in [-0.15, -0.1) is 0 Å². The molecule has 4 rings (SSSR count). The number of pyridine rings is 2. The molecule has 0 bridgehead atoms. The molecule has 1 fully saturated rings. The molecule has 3 heterocycles. The molecule has 1 saturated heterocycles. The summed E-state index contributed by atoms with van der Waals surface area (Å²) in [6.07, 6.45) is 1.82. The van der Waals surface area contributed by atoms with Crippen molar-refractivity contribution in [1.29, 1.82) is 5.26 Å². The van der Waals surface area contributed by atoms with E-state index in [-0.39, 0.29) is 29.2 Å². The van der Waals surface area contributed by atoms with Crippen molar-refractivity contribution < 1.29 is 27.5 Å². The van der Waals surface area contributed by atoms with Gasteiger partial charge in [-0.25, -0.2) is 22.9 Å². The number of carboxylic acid groups (broad SMARTS) is 1. The Morgan fingerprint density at radius 3 is 2.36 bits per heavy atom. The fraction of sp³-hybridized carbons (Fsp3) is 0.471. The molecule has 1 aromatic carbocycles. The number of piperidine rings is 1. The van der Waals surface area contributed by atoms with E-state index in [1.54, 1.807) is 12.4 Å². The third-order valence-electron chi connectivity index (χ3n) is 9.21. The van der Waals surface area contributed by atoms with E-state index in [9.17, 15) is 19.6 Å².